The molecule has 2 amide bonds. The summed E-state index contributed by atoms with van der Waals surface area (Å²) in [7, 11) is 2.45. The first-order valence-corrected chi connectivity index (χ1v) is 13.5. The van der Waals surface area contributed by atoms with Crippen LogP contribution in [0.3, 0.4) is 0 Å². The van der Waals surface area contributed by atoms with Gasteiger partial charge in [-0.25, -0.2) is 8.78 Å². The zero-order chi connectivity index (χ0) is 29.7. The molecule has 0 saturated heterocycles. The molecule has 0 aliphatic carbocycles. The number of nitrogens with one attached hydrogen (secondary N) is 3. The number of halogens is 4. The van der Waals surface area contributed by atoms with Crippen molar-refractivity contribution in [2.45, 2.75) is 12.5 Å². The van der Waals surface area contributed by atoms with E-state index in [1.807, 2.05) is 0 Å². The molecule has 7 nitrogen and oxygen atoms in total. The van der Waals surface area contributed by atoms with Gasteiger partial charge in [0.15, 0.2) is 0 Å². The van der Waals surface area contributed by atoms with Gasteiger partial charge in [-0.1, -0.05) is 41.4 Å². The summed E-state index contributed by atoms with van der Waals surface area (Å²) in [6.45, 7) is -0.235. The molecule has 0 saturated carbocycles. The first-order chi connectivity index (χ1) is 19.5. The third kappa shape index (κ3) is 7.44. The average Bonchev–Trinajstić information content (AvgIpc) is 2.91. The number of benzene rings is 3. The normalized spacial score (nSPS) is 11.5. The summed E-state index contributed by atoms with van der Waals surface area (Å²) in [5.41, 5.74) is 8.47. The number of anilines is 1. The number of rotatable bonds is 10. The van der Waals surface area contributed by atoms with E-state index >= 15 is 0 Å². The summed E-state index contributed by atoms with van der Waals surface area (Å²) in [5, 5.41) is 14.6. The molecule has 5 N–H and O–H groups in total. The van der Waals surface area contributed by atoms with E-state index in [1.165, 1.54) is 30.5 Å². The summed E-state index contributed by atoms with van der Waals surface area (Å²) >= 11 is 12.3. The van der Waals surface area contributed by atoms with Crippen molar-refractivity contribution in [3.05, 3.63) is 111 Å². The molecule has 0 bridgehead atoms. The molecule has 4 rings (SSSR count). The molecule has 4 aromatic rings. The van der Waals surface area contributed by atoms with Crippen LogP contribution in [-0.2, 0) is 11.2 Å². The standard InChI is InChI=1S/C29H24Cl2F2N5O2P/c30-17-10-23(31)22(13-34)24(11-17)37-14-27(39)38-25(8-15-6-18(32)12-19(33)7-15)28-20(2-1-5-36-28)16-3-4-26(41)21(9-16)29(35)40/h1-7,9-13,25,34,37H,8,14,41H2,(H2,35,40)(H,38,39). The number of nitrogens with two attached hydrogens (primary N) is 1. The summed E-state index contributed by atoms with van der Waals surface area (Å²) in [6.07, 6.45) is 2.58. The highest BCUT2D eigenvalue weighted by Crippen LogP contribution is 2.30. The second kappa shape index (κ2) is 13.2. The third-order valence-electron chi connectivity index (χ3n) is 6.17. The van der Waals surface area contributed by atoms with Gasteiger partial charge < -0.3 is 21.8 Å². The fourth-order valence-corrected chi connectivity index (χ4v) is 5.23. The number of carbonyl (C=O) groups excluding carboxylic acids is 2. The summed E-state index contributed by atoms with van der Waals surface area (Å²) in [5.74, 6) is -2.60. The molecule has 0 radical (unpaired) electrons. The Balaban J connectivity index is 1.69. The molecule has 12 heteroatoms. The molecule has 2 atom stereocenters. The van der Waals surface area contributed by atoms with Gasteiger partial charge in [0.05, 0.1) is 23.3 Å². The minimum Gasteiger partial charge on any atom is -0.376 e. The molecule has 0 fully saturated rings. The number of carbonyl (C=O) groups is 2. The lowest BCUT2D eigenvalue weighted by Gasteiger charge is -2.22. The van der Waals surface area contributed by atoms with E-state index in [0.29, 0.717) is 49.5 Å². The predicted molar refractivity (Wildman–Crippen MR) is 161 cm³/mol. The van der Waals surface area contributed by atoms with Gasteiger partial charge in [-0.15, -0.1) is 9.24 Å². The zero-order valence-corrected chi connectivity index (χ0v) is 24.0. The van der Waals surface area contributed by atoms with Gasteiger partial charge in [0.2, 0.25) is 11.8 Å². The predicted octanol–water partition coefficient (Wildman–Crippen LogP) is 5.44. The summed E-state index contributed by atoms with van der Waals surface area (Å²) < 4.78 is 28.1. The van der Waals surface area contributed by atoms with E-state index in [9.17, 15) is 18.4 Å². The highest BCUT2D eigenvalue weighted by Gasteiger charge is 2.22. The van der Waals surface area contributed by atoms with Gasteiger partial charge in [-0.3, -0.25) is 14.6 Å². The van der Waals surface area contributed by atoms with Crippen molar-refractivity contribution in [2.24, 2.45) is 5.73 Å². The molecule has 1 heterocycles. The highest BCUT2D eigenvalue weighted by atomic mass is 35.5. The van der Waals surface area contributed by atoms with Crippen LogP contribution in [0.15, 0.2) is 66.9 Å². The van der Waals surface area contributed by atoms with E-state index < -0.39 is 29.5 Å². The molecule has 41 heavy (non-hydrogen) atoms. The third-order valence-corrected chi connectivity index (χ3v) is 7.21. The van der Waals surface area contributed by atoms with Gasteiger partial charge in [0.1, 0.15) is 11.6 Å². The molecule has 0 aliphatic rings. The Kier molecular flexibility index (Phi) is 9.65. The van der Waals surface area contributed by atoms with Crippen molar-refractivity contribution in [3.63, 3.8) is 0 Å². The van der Waals surface area contributed by atoms with Crippen molar-refractivity contribution in [2.75, 3.05) is 11.9 Å². The number of aromatic nitrogens is 1. The smallest absolute Gasteiger partial charge is 0.249 e. The lowest BCUT2D eigenvalue weighted by atomic mass is 9.94. The molecule has 0 spiro atoms. The Bertz CT molecular complexity index is 1630. The van der Waals surface area contributed by atoms with Crippen molar-refractivity contribution >= 4 is 61.5 Å². The topological polar surface area (TPSA) is 121 Å². The molecule has 0 aliphatic heterocycles. The van der Waals surface area contributed by atoms with Crippen molar-refractivity contribution < 1.29 is 18.4 Å². The van der Waals surface area contributed by atoms with Crippen LogP contribution in [0.5, 0.6) is 0 Å². The second-order valence-corrected chi connectivity index (χ2v) is 10.5. The van der Waals surface area contributed by atoms with Gasteiger partial charge in [-0.05, 0) is 59.3 Å². The van der Waals surface area contributed by atoms with E-state index in [4.69, 9.17) is 34.3 Å². The Morgan fingerprint density at radius 2 is 1.80 bits per heavy atom. The van der Waals surface area contributed by atoms with E-state index in [0.717, 1.165) is 12.3 Å². The van der Waals surface area contributed by atoms with E-state index in [1.54, 1.807) is 30.3 Å². The maximum Gasteiger partial charge on any atom is 0.249 e. The van der Waals surface area contributed by atoms with E-state index in [2.05, 4.69) is 24.9 Å². The highest BCUT2D eigenvalue weighted by molar-refractivity contribution is 7.27. The van der Waals surface area contributed by atoms with Gasteiger partial charge in [0.25, 0.3) is 0 Å². The number of amides is 2. The maximum absolute atomic E-state index is 14.1. The Labute approximate surface area is 247 Å². The van der Waals surface area contributed by atoms with Crippen molar-refractivity contribution in [1.29, 1.82) is 5.41 Å². The van der Waals surface area contributed by atoms with Crippen molar-refractivity contribution in [1.82, 2.24) is 10.3 Å². The van der Waals surface area contributed by atoms with Crippen LogP contribution in [0, 0.1) is 17.0 Å². The molecule has 210 valence electrons. The zero-order valence-electron chi connectivity index (χ0n) is 21.4. The average molecular weight is 614 g/mol. The lowest BCUT2D eigenvalue weighted by Crippen LogP contribution is -2.35. The first-order valence-electron chi connectivity index (χ1n) is 12.2. The monoisotopic (exact) mass is 613 g/mol. The Morgan fingerprint density at radius 1 is 1.07 bits per heavy atom. The molecular weight excluding hydrogens is 590 g/mol. The molecule has 2 unspecified atom stereocenters. The van der Waals surface area contributed by atoms with Crippen molar-refractivity contribution in [3.8, 4) is 11.1 Å². The number of hydrogen-bond acceptors (Lipinski definition) is 5. The lowest BCUT2D eigenvalue weighted by molar-refractivity contribution is -0.120. The molecule has 1 aromatic heterocycles. The van der Waals surface area contributed by atoms with E-state index in [-0.39, 0.29) is 18.0 Å². The Hall–Kier alpha value is -3.91. The second-order valence-electron chi connectivity index (χ2n) is 9.05. The minimum absolute atomic E-state index is 0.00354. The fourth-order valence-electron chi connectivity index (χ4n) is 4.36. The Morgan fingerprint density at radius 3 is 2.49 bits per heavy atom. The van der Waals surface area contributed by atoms with Crippen LogP contribution in [0.2, 0.25) is 10.0 Å². The number of primary amides is 1. The van der Waals surface area contributed by atoms with Crippen LogP contribution in [-0.4, -0.2) is 29.6 Å². The number of nitrogens with zero attached hydrogens (tertiary/aromatic N) is 1. The quantitative estimate of drug-likeness (QED) is 0.140. The molecule has 3 aromatic carbocycles. The number of pyridine rings is 1. The summed E-state index contributed by atoms with van der Waals surface area (Å²) in [6, 6.07) is 13.9. The SMILES string of the molecule is N=Cc1c(Cl)cc(Cl)cc1NCC(=O)NC(Cc1cc(F)cc(F)c1)c1ncccc1-c1ccc(P)c(C(N)=O)c1. The number of hydrogen-bond donors (Lipinski definition) is 4. The van der Waals surface area contributed by atoms with Gasteiger partial charge in [-0.2, -0.15) is 0 Å². The van der Waals surface area contributed by atoms with Crippen LogP contribution in [0.25, 0.3) is 11.1 Å². The largest absolute Gasteiger partial charge is 0.376 e. The van der Waals surface area contributed by atoms with Crippen LogP contribution >= 0.6 is 32.4 Å². The summed E-state index contributed by atoms with van der Waals surface area (Å²) in [4.78, 5) is 29.7. The first kappa shape index (κ1) is 30.1. The van der Waals surface area contributed by atoms with Crippen LogP contribution in [0.4, 0.5) is 14.5 Å². The van der Waals surface area contributed by atoms with Crippen LogP contribution < -0.4 is 21.7 Å². The maximum atomic E-state index is 14.1. The van der Waals surface area contributed by atoms with Crippen LogP contribution in [0.1, 0.15) is 33.2 Å². The molecular formula is C29H24Cl2F2N5O2P. The van der Waals surface area contributed by atoms with Gasteiger partial charge >= 0.3 is 0 Å². The fraction of sp³-hybridized carbons (Fsp3) is 0.103. The minimum atomic E-state index is -0.834. The van der Waals surface area contributed by atoms with Gasteiger partial charge in [0, 0.05) is 45.9 Å².